The molecule has 3 N–H and O–H groups in total. The Morgan fingerprint density at radius 2 is 1.30 bits per heavy atom. The predicted octanol–water partition coefficient (Wildman–Crippen LogP) is 3.80. The number of hydrogen-bond acceptors (Lipinski definition) is 7. The highest BCUT2D eigenvalue weighted by molar-refractivity contribution is 5.85. The number of ether oxygens (including phenoxy) is 2. The number of halogens is 1. The van der Waals surface area contributed by atoms with Gasteiger partial charge in [-0.25, -0.2) is 0 Å². The molecular formula is C28H34ClN5O3. The molecule has 0 saturated carbocycles. The normalized spacial score (nSPS) is 15.4. The first-order chi connectivity index (χ1) is 17.7. The van der Waals surface area contributed by atoms with Crippen LogP contribution < -0.4 is 20.1 Å². The molecule has 2 aromatic carbocycles. The molecule has 0 unspecified atom stereocenters. The number of aliphatic hydroxyl groups excluding tert-OH is 1. The van der Waals surface area contributed by atoms with Gasteiger partial charge in [0.25, 0.3) is 0 Å². The summed E-state index contributed by atoms with van der Waals surface area (Å²) >= 11 is 0. The van der Waals surface area contributed by atoms with E-state index in [0.29, 0.717) is 18.2 Å². The van der Waals surface area contributed by atoms with Crippen LogP contribution in [0.2, 0.25) is 0 Å². The fourth-order valence-electron chi connectivity index (χ4n) is 4.93. The van der Waals surface area contributed by atoms with Gasteiger partial charge in [0, 0.05) is 19.6 Å². The van der Waals surface area contributed by atoms with Gasteiger partial charge in [-0.1, -0.05) is 24.3 Å². The van der Waals surface area contributed by atoms with Gasteiger partial charge in [0.05, 0.1) is 32.0 Å². The molecule has 0 radical (unpaired) electrons. The van der Waals surface area contributed by atoms with Gasteiger partial charge >= 0.3 is 0 Å². The number of aromatic nitrogens is 3. The van der Waals surface area contributed by atoms with E-state index in [0.717, 1.165) is 72.8 Å². The SMILES string of the molecule is COc1cc(C2=CCNCC2)ccc1-c1nnc(-c2ccc(C3=CCNCC3)cc2OC)n1CCO.Cl. The van der Waals surface area contributed by atoms with Crippen molar-refractivity contribution in [2.45, 2.75) is 19.4 Å². The predicted molar refractivity (Wildman–Crippen MR) is 149 cm³/mol. The molecule has 3 aromatic rings. The lowest BCUT2D eigenvalue weighted by Crippen LogP contribution is -2.20. The zero-order chi connectivity index (χ0) is 24.9. The second kappa shape index (κ2) is 12.4. The summed E-state index contributed by atoms with van der Waals surface area (Å²) in [5.74, 6) is 2.75. The molecule has 1 aromatic heterocycles. The van der Waals surface area contributed by atoms with E-state index >= 15 is 0 Å². The van der Waals surface area contributed by atoms with Crippen LogP contribution in [0, 0.1) is 0 Å². The van der Waals surface area contributed by atoms with E-state index in [1.165, 1.54) is 11.1 Å². The van der Waals surface area contributed by atoms with Crippen molar-refractivity contribution < 1.29 is 14.6 Å². The maximum absolute atomic E-state index is 9.90. The van der Waals surface area contributed by atoms with Crippen LogP contribution in [0.25, 0.3) is 33.9 Å². The summed E-state index contributed by atoms with van der Waals surface area (Å²) in [4.78, 5) is 0. The monoisotopic (exact) mass is 523 g/mol. The van der Waals surface area contributed by atoms with E-state index in [9.17, 15) is 5.11 Å². The van der Waals surface area contributed by atoms with Crippen molar-refractivity contribution in [1.82, 2.24) is 25.4 Å². The van der Waals surface area contributed by atoms with Gasteiger partial charge in [-0.15, -0.1) is 22.6 Å². The maximum atomic E-state index is 9.90. The van der Waals surface area contributed by atoms with Crippen LogP contribution in [0.3, 0.4) is 0 Å². The minimum absolute atomic E-state index is 0. The van der Waals surface area contributed by atoms with E-state index in [-0.39, 0.29) is 19.0 Å². The van der Waals surface area contributed by atoms with Crippen molar-refractivity contribution in [1.29, 1.82) is 0 Å². The molecule has 0 atom stereocenters. The molecule has 2 aliphatic rings. The molecule has 9 heteroatoms. The molecule has 0 spiro atoms. The minimum Gasteiger partial charge on any atom is -0.496 e. The summed E-state index contributed by atoms with van der Waals surface area (Å²) in [6.07, 6.45) is 6.41. The zero-order valence-corrected chi connectivity index (χ0v) is 22.1. The topological polar surface area (TPSA) is 93.5 Å². The van der Waals surface area contributed by atoms with Crippen molar-refractivity contribution in [2.75, 3.05) is 47.0 Å². The highest BCUT2D eigenvalue weighted by atomic mass is 35.5. The Kier molecular flexibility index (Phi) is 9.00. The molecule has 37 heavy (non-hydrogen) atoms. The first-order valence-electron chi connectivity index (χ1n) is 12.4. The summed E-state index contributed by atoms with van der Waals surface area (Å²) in [5, 5.41) is 25.7. The largest absolute Gasteiger partial charge is 0.496 e. The lowest BCUT2D eigenvalue weighted by Gasteiger charge is -2.18. The van der Waals surface area contributed by atoms with Crippen LogP contribution in [0.5, 0.6) is 11.5 Å². The number of nitrogens with zero attached hydrogens (tertiary/aromatic N) is 3. The maximum Gasteiger partial charge on any atom is 0.168 e. The van der Waals surface area contributed by atoms with Crippen molar-refractivity contribution in [3.8, 4) is 34.3 Å². The molecule has 5 rings (SSSR count). The van der Waals surface area contributed by atoms with Gasteiger partial charge in [-0.2, -0.15) is 0 Å². The summed E-state index contributed by atoms with van der Waals surface area (Å²) in [6.45, 7) is 4.00. The van der Waals surface area contributed by atoms with Crippen molar-refractivity contribution in [3.05, 3.63) is 59.7 Å². The molecule has 3 heterocycles. The Morgan fingerprint density at radius 1 is 0.811 bits per heavy atom. The van der Waals surface area contributed by atoms with Gasteiger partial charge in [0.1, 0.15) is 11.5 Å². The first-order valence-corrected chi connectivity index (χ1v) is 12.4. The van der Waals surface area contributed by atoms with Crippen LogP contribution in [0.1, 0.15) is 24.0 Å². The average molecular weight is 524 g/mol. The van der Waals surface area contributed by atoms with Gasteiger partial charge < -0.3 is 29.8 Å². The number of benzene rings is 2. The number of rotatable bonds is 8. The Morgan fingerprint density at radius 3 is 1.68 bits per heavy atom. The molecule has 0 amide bonds. The third kappa shape index (κ3) is 5.57. The average Bonchev–Trinajstić information content (AvgIpc) is 3.36. The Labute approximate surface area is 223 Å². The second-order valence-corrected chi connectivity index (χ2v) is 8.92. The van der Waals surface area contributed by atoms with Crippen molar-refractivity contribution >= 4 is 23.6 Å². The van der Waals surface area contributed by atoms with Gasteiger partial charge in [-0.05, 0) is 72.5 Å². The summed E-state index contributed by atoms with van der Waals surface area (Å²) in [6, 6.07) is 12.4. The molecule has 0 bridgehead atoms. The Bertz CT molecular complexity index is 1210. The standard InChI is InChI=1S/C28H33N5O3.ClH/c1-35-25-17-21(19-7-11-29-12-8-19)3-5-23(25)27-31-32-28(33(27)15-16-34)24-6-4-22(18-26(24)36-2)20-9-13-30-14-10-20;/h3-7,9,17-18,29-30,34H,8,10-16H2,1-2H3;1H. The number of nitrogens with one attached hydrogen (secondary N) is 2. The van der Waals surface area contributed by atoms with Crippen molar-refractivity contribution in [3.63, 3.8) is 0 Å². The lowest BCUT2D eigenvalue weighted by atomic mass is 9.98. The molecule has 8 nitrogen and oxygen atoms in total. The number of methoxy groups -OCH3 is 2. The molecule has 2 aliphatic heterocycles. The van der Waals surface area contributed by atoms with Crippen molar-refractivity contribution in [2.24, 2.45) is 0 Å². The summed E-state index contributed by atoms with van der Waals surface area (Å²) in [5.41, 5.74) is 6.58. The fourth-order valence-corrected chi connectivity index (χ4v) is 4.93. The fraction of sp³-hybridized carbons (Fsp3) is 0.357. The third-order valence-corrected chi connectivity index (χ3v) is 6.83. The van der Waals surface area contributed by atoms with Crippen LogP contribution in [0.4, 0.5) is 0 Å². The molecular weight excluding hydrogens is 490 g/mol. The highest BCUT2D eigenvalue weighted by Gasteiger charge is 2.22. The zero-order valence-electron chi connectivity index (χ0n) is 21.3. The van der Waals surface area contributed by atoms with Gasteiger partial charge in [0.15, 0.2) is 11.6 Å². The number of aliphatic hydroxyl groups is 1. The van der Waals surface area contributed by atoms with Crippen LogP contribution in [-0.2, 0) is 6.54 Å². The van der Waals surface area contributed by atoms with Gasteiger partial charge in [-0.3, -0.25) is 0 Å². The van der Waals surface area contributed by atoms with E-state index in [1.54, 1.807) is 14.2 Å². The Balaban J connectivity index is 0.00000320. The van der Waals surface area contributed by atoms with Gasteiger partial charge in [0.2, 0.25) is 0 Å². The summed E-state index contributed by atoms with van der Waals surface area (Å²) < 4.78 is 13.5. The third-order valence-electron chi connectivity index (χ3n) is 6.83. The van der Waals surface area contributed by atoms with Crippen LogP contribution in [0.15, 0.2) is 48.6 Å². The highest BCUT2D eigenvalue weighted by Crippen LogP contribution is 2.37. The molecule has 0 saturated heterocycles. The molecule has 0 aliphatic carbocycles. The summed E-state index contributed by atoms with van der Waals surface area (Å²) in [7, 11) is 3.34. The Hall–Kier alpha value is -3.17. The quantitative estimate of drug-likeness (QED) is 0.413. The minimum atomic E-state index is -0.0430. The smallest absolute Gasteiger partial charge is 0.168 e. The lowest BCUT2D eigenvalue weighted by molar-refractivity contribution is 0.277. The van der Waals surface area contributed by atoms with E-state index in [1.807, 2.05) is 16.7 Å². The molecule has 196 valence electrons. The number of hydrogen-bond donors (Lipinski definition) is 3. The first kappa shape index (κ1) is 26.9. The molecule has 0 fully saturated rings. The van der Waals surface area contributed by atoms with E-state index in [2.05, 4.69) is 57.2 Å². The van der Waals surface area contributed by atoms with E-state index < -0.39 is 0 Å². The van der Waals surface area contributed by atoms with Crippen LogP contribution >= 0.6 is 12.4 Å². The van der Waals surface area contributed by atoms with Crippen LogP contribution in [-0.4, -0.2) is 66.9 Å². The van der Waals surface area contributed by atoms with E-state index in [4.69, 9.17) is 9.47 Å². The second-order valence-electron chi connectivity index (χ2n) is 8.92.